The fourth-order valence-electron chi connectivity index (χ4n) is 1.69. The normalized spacial score (nSPS) is 11.3. The molecule has 0 heterocycles. The SMILES string of the molecule is CCOc1ccccc1NCC(NC(C)=O)C(=O)OC. The van der Waals surface area contributed by atoms with Gasteiger partial charge in [0.2, 0.25) is 5.91 Å². The summed E-state index contributed by atoms with van der Waals surface area (Å²) in [6.07, 6.45) is 0. The van der Waals surface area contributed by atoms with Crippen molar-refractivity contribution in [2.75, 3.05) is 25.6 Å². The molecule has 0 saturated carbocycles. The number of para-hydroxylation sites is 2. The third kappa shape index (κ3) is 4.79. The molecule has 0 spiro atoms. The first-order valence-electron chi connectivity index (χ1n) is 6.39. The van der Waals surface area contributed by atoms with E-state index in [0.717, 1.165) is 5.69 Å². The molecule has 1 unspecified atom stereocenters. The van der Waals surface area contributed by atoms with Gasteiger partial charge in [-0.3, -0.25) is 4.79 Å². The second-order valence-electron chi connectivity index (χ2n) is 4.09. The number of methoxy groups -OCH3 is 1. The van der Waals surface area contributed by atoms with E-state index in [9.17, 15) is 9.59 Å². The highest BCUT2D eigenvalue weighted by molar-refractivity contribution is 5.83. The van der Waals surface area contributed by atoms with Gasteiger partial charge in [0.05, 0.1) is 19.4 Å². The van der Waals surface area contributed by atoms with E-state index in [-0.39, 0.29) is 12.5 Å². The fraction of sp³-hybridized carbons (Fsp3) is 0.429. The van der Waals surface area contributed by atoms with E-state index in [1.807, 2.05) is 31.2 Å². The fourth-order valence-corrected chi connectivity index (χ4v) is 1.69. The van der Waals surface area contributed by atoms with Gasteiger partial charge in [-0.15, -0.1) is 0 Å². The average Bonchev–Trinajstić information content (AvgIpc) is 2.44. The largest absolute Gasteiger partial charge is 0.492 e. The van der Waals surface area contributed by atoms with Gasteiger partial charge in [0.25, 0.3) is 0 Å². The van der Waals surface area contributed by atoms with Crippen LogP contribution in [-0.2, 0) is 14.3 Å². The second-order valence-corrected chi connectivity index (χ2v) is 4.09. The smallest absolute Gasteiger partial charge is 0.330 e. The zero-order valence-electron chi connectivity index (χ0n) is 11.9. The van der Waals surface area contributed by atoms with Gasteiger partial charge in [-0.25, -0.2) is 4.79 Å². The number of carbonyl (C=O) groups excluding carboxylic acids is 2. The number of ether oxygens (including phenoxy) is 2. The second kappa shape index (κ2) is 8.04. The zero-order chi connectivity index (χ0) is 15.0. The van der Waals surface area contributed by atoms with Gasteiger partial charge in [0.1, 0.15) is 11.8 Å². The Kier molecular flexibility index (Phi) is 6.36. The first kappa shape index (κ1) is 15.8. The van der Waals surface area contributed by atoms with Crippen molar-refractivity contribution in [1.82, 2.24) is 5.32 Å². The lowest BCUT2D eigenvalue weighted by molar-refractivity contribution is -0.144. The molecule has 1 aromatic rings. The first-order valence-corrected chi connectivity index (χ1v) is 6.39. The Hall–Kier alpha value is -2.24. The molecule has 1 rings (SSSR count). The maximum absolute atomic E-state index is 11.6. The lowest BCUT2D eigenvalue weighted by atomic mass is 10.2. The van der Waals surface area contributed by atoms with Crippen LogP contribution < -0.4 is 15.4 Å². The predicted molar refractivity (Wildman–Crippen MR) is 75.7 cm³/mol. The summed E-state index contributed by atoms with van der Waals surface area (Å²) in [6, 6.07) is 6.65. The number of amides is 1. The van der Waals surface area contributed by atoms with Gasteiger partial charge < -0.3 is 20.1 Å². The number of anilines is 1. The Bertz CT molecular complexity index is 462. The molecule has 0 saturated heterocycles. The van der Waals surface area contributed by atoms with Crippen molar-refractivity contribution in [1.29, 1.82) is 0 Å². The van der Waals surface area contributed by atoms with Crippen molar-refractivity contribution in [3.63, 3.8) is 0 Å². The highest BCUT2D eigenvalue weighted by atomic mass is 16.5. The summed E-state index contributed by atoms with van der Waals surface area (Å²) in [4.78, 5) is 22.7. The topological polar surface area (TPSA) is 76.7 Å². The van der Waals surface area contributed by atoms with Crippen LogP contribution in [0.2, 0.25) is 0 Å². The van der Waals surface area contributed by atoms with Crippen LogP contribution in [0.1, 0.15) is 13.8 Å². The summed E-state index contributed by atoms with van der Waals surface area (Å²) >= 11 is 0. The van der Waals surface area contributed by atoms with Crippen molar-refractivity contribution in [2.45, 2.75) is 19.9 Å². The van der Waals surface area contributed by atoms with E-state index >= 15 is 0 Å². The Morgan fingerprint density at radius 3 is 2.60 bits per heavy atom. The third-order valence-electron chi connectivity index (χ3n) is 2.55. The Morgan fingerprint density at radius 2 is 2.00 bits per heavy atom. The minimum atomic E-state index is -0.743. The molecule has 0 aromatic heterocycles. The van der Waals surface area contributed by atoms with Gasteiger partial charge >= 0.3 is 5.97 Å². The maximum Gasteiger partial charge on any atom is 0.330 e. The molecule has 1 amide bonds. The molecule has 6 nitrogen and oxygen atoms in total. The van der Waals surface area contributed by atoms with Crippen molar-refractivity contribution in [3.8, 4) is 5.75 Å². The number of carbonyl (C=O) groups is 2. The Balaban J connectivity index is 2.71. The van der Waals surface area contributed by atoms with Gasteiger partial charge in [0.15, 0.2) is 0 Å². The molecular formula is C14H20N2O4. The number of esters is 1. The van der Waals surface area contributed by atoms with Crippen LogP contribution in [0.5, 0.6) is 5.75 Å². The molecule has 0 radical (unpaired) electrons. The summed E-state index contributed by atoms with van der Waals surface area (Å²) < 4.78 is 10.1. The minimum Gasteiger partial charge on any atom is -0.492 e. The molecule has 110 valence electrons. The molecule has 0 aliphatic rings. The van der Waals surface area contributed by atoms with Gasteiger partial charge in [0, 0.05) is 13.5 Å². The molecule has 0 bridgehead atoms. The van der Waals surface area contributed by atoms with Crippen molar-refractivity contribution < 1.29 is 19.1 Å². The Labute approximate surface area is 118 Å². The third-order valence-corrected chi connectivity index (χ3v) is 2.55. The monoisotopic (exact) mass is 280 g/mol. The highest BCUT2D eigenvalue weighted by Gasteiger charge is 2.20. The van der Waals surface area contributed by atoms with E-state index in [0.29, 0.717) is 12.4 Å². The zero-order valence-corrected chi connectivity index (χ0v) is 11.9. The van der Waals surface area contributed by atoms with Crippen LogP contribution in [0, 0.1) is 0 Å². The minimum absolute atomic E-state index is 0.219. The quantitative estimate of drug-likeness (QED) is 0.733. The molecule has 1 aromatic carbocycles. The van der Waals surface area contributed by atoms with E-state index < -0.39 is 12.0 Å². The summed E-state index contributed by atoms with van der Waals surface area (Å²) in [5.74, 6) is -0.0941. The lowest BCUT2D eigenvalue weighted by Crippen LogP contribution is -2.45. The van der Waals surface area contributed by atoms with Crippen LogP contribution in [0.3, 0.4) is 0 Å². The van der Waals surface area contributed by atoms with Crippen LogP contribution >= 0.6 is 0 Å². The molecule has 1 atom stereocenters. The molecule has 0 fully saturated rings. The molecule has 2 N–H and O–H groups in total. The standard InChI is InChI=1S/C14H20N2O4/c1-4-20-13-8-6-5-7-11(13)15-9-12(14(18)19-3)16-10(2)17/h5-8,12,15H,4,9H2,1-3H3,(H,16,17). The number of benzene rings is 1. The number of hydrogen-bond donors (Lipinski definition) is 2. The lowest BCUT2D eigenvalue weighted by Gasteiger charge is -2.18. The van der Waals surface area contributed by atoms with Crippen molar-refractivity contribution >= 4 is 17.6 Å². The summed E-state index contributed by atoms with van der Waals surface area (Å²) in [6.45, 7) is 4.01. The summed E-state index contributed by atoms with van der Waals surface area (Å²) in [5.41, 5.74) is 0.758. The maximum atomic E-state index is 11.6. The van der Waals surface area contributed by atoms with E-state index in [2.05, 4.69) is 15.4 Å². The van der Waals surface area contributed by atoms with Crippen molar-refractivity contribution in [3.05, 3.63) is 24.3 Å². The van der Waals surface area contributed by atoms with Crippen molar-refractivity contribution in [2.24, 2.45) is 0 Å². The summed E-state index contributed by atoms with van der Waals surface area (Å²) in [5, 5.41) is 5.61. The van der Waals surface area contributed by atoms with Crippen LogP contribution in [0.4, 0.5) is 5.69 Å². The Morgan fingerprint density at radius 1 is 1.30 bits per heavy atom. The highest BCUT2D eigenvalue weighted by Crippen LogP contribution is 2.23. The average molecular weight is 280 g/mol. The molecule has 0 aliphatic carbocycles. The number of nitrogens with one attached hydrogen (secondary N) is 2. The number of rotatable bonds is 7. The molecular weight excluding hydrogens is 260 g/mol. The summed E-state index contributed by atoms with van der Waals surface area (Å²) in [7, 11) is 1.28. The molecule has 20 heavy (non-hydrogen) atoms. The first-order chi connectivity index (χ1) is 9.58. The molecule has 0 aliphatic heterocycles. The van der Waals surface area contributed by atoms with Crippen LogP contribution in [0.15, 0.2) is 24.3 Å². The van der Waals surface area contributed by atoms with Crippen LogP contribution in [0.25, 0.3) is 0 Å². The van der Waals surface area contributed by atoms with Gasteiger partial charge in [-0.05, 0) is 19.1 Å². The van der Waals surface area contributed by atoms with Gasteiger partial charge in [-0.1, -0.05) is 12.1 Å². The van der Waals surface area contributed by atoms with Gasteiger partial charge in [-0.2, -0.15) is 0 Å². The van der Waals surface area contributed by atoms with E-state index in [1.54, 1.807) is 0 Å². The van der Waals surface area contributed by atoms with E-state index in [1.165, 1.54) is 14.0 Å². The van der Waals surface area contributed by atoms with Crippen LogP contribution in [-0.4, -0.2) is 38.2 Å². The molecule has 6 heteroatoms. The van der Waals surface area contributed by atoms with E-state index in [4.69, 9.17) is 4.74 Å². The number of hydrogen-bond acceptors (Lipinski definition) is 5. The predicted octanol–water partition coefficient (Wildman–Crippen LogP) is 1.17.